The summed E-state index contributed by atoms with van der Waals surface area (Å²) in [6.45, 7) is 0. The van der Waals surface area contributed by atoms with Gasteiger partial charge >= 0.3 is 35.9 Å². The molecule has 0 aliphatic rings. The zero-order valence-corrected chi connectivity index (χ0v) is 20.2. The number of aromatic carboxylic acids is 4. The molecular formula is C24H23N5O11. The van der Waals surface area contributed by atoms with Crippen molar-refractivity contribution >= 4 is 47.3 Å². The Hall–Kier alpha value is -6.32. The van der Waals surface area contributed by atoms with Crippen LogP contribution in [0.1, 0.15) is 41.4 Å². The van der Waals surface area contributed by atoms with E-state index in [2.05, 4.69) is 11.5 Å². The van der Waals surface area contributed by atoms with Crippen molar-refractivity contribution in [2.24, 2.45) is 11.5 Å². The Kier molecular flexibility index (Phi) is 11.4. The summed E-state index contributed by atoms with van der Waals surface area (Å²) >= 11 is 0. The Morgan fingerprint density at radius 1 is 0.525 bits per heavy atom. The smallest absolute Gasteiger partial charge is 0.336 e. The largest absolute Gasteiger partial charge is 0.478 e. The first kappa shape index (κ1) is 31.7. The number of carbonyl (C=O) groups is 6. The predicted molar refractivity (Wildman–Crippen MR) is 138 cm³/mol. The number of anilines is 2. The highest BCUT2D eigenvalue weighted by atomic mass is 16.5. The Bertz CT molecular complexity index is 1270. The van der Waals surface area contributed by atoms with Gasteiger partial charge in [0, 0.05) is 11.4 Å². The zero-order valence-electron chi connectivity index (χ0n) is 20.2. The lowest BCUT2D eigenvalue weighted by molar-refractivity contribution is 0.0637. The third-order valence-electron chi connectivity index (χ3n) is 4.32. The number of rotatable bonds is 6. The van der Waals surface area contributed by atoms with Crippen LogP contribution in [0.5, 0.6) is 11.5 Å². The van der Waals surface area contributed by atoms with Crippen LogP contribution >= 0.6 is 0 Å². The van der Waals surface area contributed by atoms with Crippen molar-refractivity contribution in [3.05, 3.63) is 82.9 Å². The highest BCUT2D eigenvalue weighted by molar-refractivity contribution is 6.09. The van der Waals surface area contributed by atoms with Crippen molar-refractivity contribution < 1.29 is 53.9 Å². The van der Waals surface area contributed by atoms with Gasteiger partial charge in [-0.05, 0) is 60.7 Å². The average molecular weight is 557 g/mol. The molecule has 0 radical (unpaired) electrons. The van der Waals surface area contributed by atoms with E-state index in [1.165, 1.54) is 0 Å². The second kappa shape index (κ2) is 14.4. The standard InChI is InChI=1S/C12H12N2O.C10H6O8.C2H5N3O2/c13-9-1-5-11(6-2-9)15-12-7-3-10(14)4-8-12;11-7(12)3-1-4(8(13)14)6(10(17)18)2-5(3)9(15)16;3-1(6)5-2(4)7/h1-8H,13-14H2;1-2H,(H,11,12)(H,13,14)(H,15,16)(H,17,18);(H5,3,4,5,6,7). The Balaban J connectivity index is 0.000000328. The molecule has 0 saturated carbocycles. The van der Waals surface area contributed by atoms with Gasteiger partial charge in [0.2, 0.25) is 0 Å². The average Bonchev–Trinajstić information content (AvgIpc) is 2.85. The number of carboxylic acids is 4. The van der Waals surface area contributed by atoms with Gasteiger partial charge in [0.05, 0.1) is 22.3 Å². The third-order valence-corrected chi connectivity index (χ3v) is 4.32. The van der Waals surface area contributed by atoms with E-state index in [0.29, 0.717) is 12.1 Å². The van der Waals surface area contributed by atoms with Crippen LogP contribution in [0.15, 0.2) is 60.7 Å². The second-order valence-electron chi connectivity index (χ2n) is 7.26. The monoisotopic (exact) mass is 557 g/mol. The van der Waals surface area contributed by atoms with Gasteiger partial charge in [-0.3, -0.25) is 5.32 Å². The Morgan fingerprint density at radius 2 is 0.775 bits per heavy atom. The molecule has 0 aliphatic heterocycles. The molecule has 4 amide bonds. The number of carbonyl (C=O) groups excluding carboxylic acids is 2. The lowest BCUT2D eigenvalue weighted by Gasteiger charge is -2.06. The molecule has 3 aromatic rings. The predicted octanol–water partition coefficient (Wildman–Crippen LogP) is 1.86. The SMILES string of the molecule is NC(=O)NC(N)=O.Nc1ccc(Oc2ccc(N)cc2)cc1.O=C(O)c1cc(C(=O)O)c(C(=O)O)cc1C(=O)O. The molecular weight excluding hydrogens is 534 g/mol. The fourth-order valence-electron chi connectivity index (χ4n) is 2.64. The van der Waals surface area contributed by atoms with Crippen molar-refractivity contribution in [3.8, 4) is 11.5 Å². The highest BCUT2D eigenvalue weighted by Crippen LogP contribution is 2.23. The van der Waals surface area contributed by atoms with Gasteiger partial charge in [-0.2, -0.15) is 0 Å². The molecule has 0 spiro atoms. The van der Waals surface area contributed by atoms with Crippen molar-refractivity contribution in [2.75, 3.05) is 11.5 Å². The topological polar surface area (TPSA) is 309 Å². The molecule has 0 fully saturated rings. The molecule has 0 aromatic heterocycles. The van der Waals surface area contributed by atoms with Gasteiger partial charge in [0.1, 0.15) is 11.5 Å². The molecule has 3 aromatic carbocycles. The van der Waals surface area contributed by atoms with Gasteiger partial charge in [0.25, 0.3) is 0 Å². The summed E-state index contributed by atoms with van der Waals surface area (Å²) in [6.07, 6.45) is 0. The zero-order chi connectivity index (χ0) is 30.6. The third kappa shape index (κ3) is 10.3. The van der Waals surface area contributed by atoms with Crippen molar-refractivity contribution in [1.82, 2.24) is 5.32 Å². The number of amides is 4. The Morgan fingerprint density at radius 3 is 0.950 bits per heavy atom. The quantitative estimate of drug-likeness (QED) is 0.196. The Labute approximate surface area is 224 Å². The number of nitrogens with one attached hydrogen (secondary N) is 1. The van der Waals surface area contributed by atoms with Gasteiger partial charge in [-0.1, -0.05) is 0 Å². The fourth-order valence-corrected chi connectivity index (χ4v) is 2.64. The number of ether oxygens (including phenoxy) is 1. The van der Waals surface area contributed by atoms with Crippen LogP contribution in [-0.4, -0.2) is 56.4 Å². The number of imide groups is 1. The molecule has 0 bridgehead atoms. The van der Waals surface area contributed by atoms with Crippen LogP contribution < -0.4 is 33.0 Å². The molecule has 40 heavy (non-hydrogen) atoms. The normalized spacial score (nSPS) is 9.40. The lowest BCUT2D eigenvalue weighted by Crippen LogP contribution is -2.38. The van der Waals surface area contributed by atoms with E-state index < -0.39 is 58.2 Å². The first-order valence-electron chi connectivity index (χ1n) is 10.5. The molecule has 0 heterocycles. The van der Waals surface area contributed by atoms with E-state index >= 15 is 0 Å². The van der Waals surface area contributed by atoms with Crippen LogP contribution in [0.3, 0.4) is 0 Å². The number of nitrogens with two attached hydrogens (primary N) is 4. The summed E-state index contributed by atoms with van der Waals surface area (Å²) in [4.78, 5) is 62.4. The summed E-state index contributed by atoms with van der Waals surface area (Å²) in [7, 11) is 0. The minimum atomic E-state index is -1.66. The summed E-state index contributed by atoms with van der Waals surface area (Å²) in [5, 5.41) is 36.6. The van der Waals surface area contributed by atoms with E-state index in [1.807, 2.05) is 24.3 Å². The van der Waals surface area contributed by atoms with E-state index in [1.54, 1.807) is 29.6 Å². The van der Waals surface area contributed by atoms with Crippen LogP contribution in [0.25, 0.3) is 0 Å². The molecule has 0 unspecified atom stereocenters. The number of carboxylic acid groups (broad SMARTS) is 4. The van der Waals surface area contributed by atoms with Gasteiger partial charge in [-0.15, -0.1) is 0 Å². The first-order valence-corrected chi connectivity index (χ1v) is 10.5. The minimum absolute atomic E-state index is 0.511. The lowest BCUT2D eigenvalue weighted by atomic mass is 9.98. The number of nitrogen functional groups attached to an aromatic ring is 2. The second-order valence-corrected chi connectivity index (χ2v) is 7.26. The van der Waals surface area contributed by atoms with Crippen LogP contribution in [0.4, 0.5) is 21.0 Å². The molecule has 16 nitrogen and oxygen atoms in total. The van der Waals surface area contributed by atoms with Gasteiger partial charge < -0.3 is 48.1 Å². The maximum Gasteiger partial charge on any atom is 0.336 e. The summed E-state index contributed by atoms with van der Waals surface area (Å²) in [5.41, 5.74) is 18.3. The minimum Gasteiger partial charge on any atom is -0.478 e. The molecule has 13 N–H and O–H groups in total. The van der Waals surface area contributed by atoms with Crippen LogP contribution in [-0.2, 0) is 0 Å². The number of urea groups is 2. The first-order chi connectivity index (χ1) is 18.6. The molecule has 0 atom stereocenters. The van der Waals surface area contributed by atoms with Gasteiger partial charge in [-0.25, -0.2) is 28.8 Å². The number of primary amides is 2. The number of hydrogen-bond acceptors (Lipinski definition) is 9. The maximum absolute atomic E-state index is 10.8. The summed E-state index contributed by atoms with van der Waals surface area (Å²) < 4.78 is 5.58. The van der Waals surface area contributed by atoms with Crippen molar-refractivity contribution in [3.63, 3.8) is 0 Å². The van der Waals surface area contributed by atoms with Gasteiger partial charge in [0.15, 0.2) is 0 Å². The van der Waals surface area contributed by atoms with E-state index in [9.17, 15) is 28.8 Å². The fraction of sp³-hybridized carbons (Fsp3) is 0. The molecule has 0 saturated heterocycles. The molecule has 3 rings (SSSR count). The number of hydrogen-bond donors (Lipinski definition) is 9. The number of benzene rings is 3. The van der Waals surface area contributed by atoms with Crippen molar-refractivity contribution in [2.45, 2.75) is 0 Å². The van der Waals surface area contributed by atoms with Crippen LogP contribution in [0.2, 0.25) is 0 Å². The van der Waals surface area contributed by atoms with E-state index in [4.69, 9.17) is 36.6 Å². The maximum atomic E-state index is 10.8. The van der Waals surface area contributed by atoms with Crippen molar-refractivity contribution in [1.29, 1.82) is 0 Å². The van der Waals surface area contributed by atoms with E-state index in [-0.39, 0.29) is 0 Å². The molecule has 210 valence electrons. The summed E-state index contributed by atoms with van der Waals surface area (Å²) in [6, 6.07) is 13.6. The molecule has 16 heteroatoms. The summed E-state index contributed by atoms with van der Waals surface area (Å²) in [5.74, 6) is -5.12. The highest BCUT2D eigenvalue weighted by Gasteiger charge is 2.25. The molecule has 0 aliphatic carbocycles. The van der Waals surface area contributed by atoms with E-state index in [0.717, 1.165) is 22.9 Å². The van der Waals surface area contributed by atoms with Crippen LogP contribution in [0, 0.1) is 0 Å².